The molecule has 4 nitrogen and oxygen atoms in total. The molecule has 1 aromatic carbocycles. The average Bonchev–Trinajstić information content (AvgIpc) is 2.85. The first-order valence-electron chi connectivity index (χ1n) is 4.86. The van der Waals surface area contributed by atoms with Gasteiger partial charge in [-0.2, -0.15) is 0 Å². The van der Waals surface area contributed by atoms with E-state index in [4.69, 9.17) is 4.42 Å². The zero-order valence-corrected chi connectivity index (χ0v) is 11.2. The van der Waals surface area contributed by atoms with Crippen LogP contribution in [0, 0.1) is 0 Å². The quantitative estimate of drug-likeness (QED) is 0.694. The van der Waals surface area contributed by atoms with Gasteiger partial charge in [-0.25, -0.2) is 9.78 Å². The Kier molecular flexibility index (Phi) is 2.41. The second kappa shape index (κ2) is 3.82. The first kappa shape index (κ1) is 10.7. The molecule has 3 rings (SSSR count). The number of hydrogen-bond donors (Lipinski definition) is 0. The van der Waals surface area contributed by atoms with Crippen molar-refractivity contribution in [2.75, 3.05) is 0 Å². The van der Waals surface area contributed by atoms with Crippen molar-refractivity contribution in [2.24, 2.45) is 7.05 Å². The average molecular weight is 311 g/mol. The minimum Gasteiger partial charge on any atom is -0.408 e. The van der Waals surface area contributed by atoms with Gasteiger partial charge < -0.3 is 4.42 Å². The lowest BCUT2D eigenvalue weighted by molar-refractivity contribution is 0.528. The highest BCUT2D eigenvalue weighted by Gasteiger charge is 2.09. The second-order valence-corrected chi connectivity index (χ2v) is 5.73. The molecule has 0 N–H and O–H groups in total. The van der Waals surface area contributed by atoms with Crippen LogP contribution >= 0.6 is 27.3 Å². The van der Waals surface area contributed by atoms with Crippen LogP contribution in [0.1, 0.15) is 0 Å². The summed E-state index contributed by atoms with van der Waals surface area (Å²) in [7, 11) is 1.69. The highest BCUT2D eigenvalue weighted by molar-refractivity contribution is 9.11. The summed E-state index contributed by atoms with van der Waals surface area (Å²) in [5.41, 5.74) is 3.18. The number of fused-ring (bicyclic) bond motifs is 1. The smallest absolute Gasteiger partial charge is 0.408 e. The number of rotatable bonds is 1. The topological polar surface area (TPSA) is 48.0 Å². The van der Waals surface area contributed by atoms with Crippen molar-refractivity contribution < 1.29 is 4.42 Å². The lowest BCUT2D eigenvalue weighted by Gasteiger charge is -1.96. The maximum atomic E-state index is 11.4. The van der Waals surface area contributed by atoms with Crippen LogP contribution in [0.2, 0.25) is 0 Å². The first-order chi connectivity index (χ1) is 8.15. The molecule has 17 heavy (non-hydrogen) atoms. The van der Waals surface area contributed by atoms with Crippen LogP contribution in [-0.2, 0) is 7.05 Å². The van der Waals surface area contributed by atoms with E-state index in [-0.39, 0.29) is 5.76 Å². The third-order valence-corrected chi connectivity index (χ3v) is 3.93. The van der Waals surface area contributed by atoms with Gasteiger partial charge in [-0.05, 0) is 28.1 Å². The van der Waals surface area contributed by atoms with E-state index in [1.54, 1.807) is 7.05 Å². The molecular weight excluding hydrogens is 304 g/mol. The van der Waals surface area contributed by atoms with Crippen molar-refractivity contribution in [3.8, 4) is 11.3 Å². The van der Waals surface area contributed by atoms with Crippen molar-refractivity contribution in [1.82, 2.24) is 9.55 Å². The number of halogens is 1. The van der Waals surface area contributed by atoms with E-state index in [0.717, 1.165) is 20.7 Å². The Hall–Kier alpha value is -1.40. The van der Waals surface area contributed by atoms with E-state index in [9.17, 15) is 4.79 Å². The largest absolute Gasteiger partial charge is 0.419 e. The van der Waals surface area contributed by atoms with Gasteiger partial charge in [0.25, 0.3) is 0 Å². The van der Waals surface area contributed by atoms with Crippen LogP contribution in [0.5, 0.6) is 0 Å². The van der Waals surface area contributed by atoms with Crippen molar-refractivity contribution in [2.45, 2.75) is 0 Å². The van der Waals surface area contributed by atoms with Gasteiger partial charge in [-0.15, -0.1) is 11.3 Å². The number of oxazole rings is 1. The minimum atomic E-state index is -0.350. The zero-order chi connectivity index (χ0) is 12.0. The maximum Gasteiger partial charge on any atom is 0.419 e. The third kappa shape index (κ3) is 1.73. The fourth-order valence-corrected chi connectivity index (χ4v) is 2.70. The van der Waals surface area contributed by atoms with Crippen LogP contribution in [0.4, 0.5) is 0 Å². The maximum absolute atomic E-state index is 11.4. The summed E-state index contributed by atoms with van der Waals surface area (Å²) in [4.78, 5) is 15.7. The molecule has 0 spiro atoms. The van der Waals surface area contributed by atoms with Crippen LogP contribution in [0.15, 0.2) is 36.7 Å². The van der Waals surface area contributed by atoms with Crippen LogP contribution < -0.4 is 5.76 Å². The molecule has 0 aliphatic carbocycles. The van der Waals surface area contributed by atoms with Gasteiger partial charge in [0, 0.05) is 18.0 Å². The second-order valence-electron chi connectivity index (χ2n) is 3.60. The fourth-order valence-electron chi connectivity index (χ4n) is 1.68. The molecule has 0 aliphatic rings. The standard InChI is InChI=1S/C11H7BrN2O2S/c1-14-8-3-2-6(4-9(8)16-11(14)15)7-5-17-10(12)13-7/h2-5H,1H3. The molecule has 0 bridgehead atoms. The zero-order valence-electron chi connectivity index (χ0n) is 8.81. The van der Waals surface area contributed by atoms with Gasteiger partial charge >= 0.3 is 5.76 Å². The molecule has 0 radical (unpaired) electrons. The number of aromatic nitrogens is 2. The first-order valence-corrected chi connectivity index (χ1v) is 6.53. The summed E-state index contributed by atoms with van der Waals surface area (Å²) >= 11 is 4.85. The normalized spacial score (nSPS) is 11.2. The predicted octanol–water partition coefficient (Wildman–Crippen LogP) is 3.02. The van der Waals surface area contributed by atoms with Crippen LogP contribution in [-0.4, -0.2) is 9.55 Å². The van der Waals surface area contributed by atoms with Gasteiger partial charge in [0.05, 0.1) is 11.2 Å². The molecular formula is C11H7BrN2O2S. The van der Waals surface area contributed by atoms with E-state index in [1.807, 2.05) is 23.6 Å². The molecule has 0 fully saturated rings. The molecule has 0 atom stereocenters. The fraction of sp³-hybridized carbons (Fsp3) is 0.0909. The van der Waals surface area contributed by atoms with Gasteiger partial charge in [-0.1, -0.05) is 6.07 Å². The molecule has 0 saturated carbocycles. The molecule has 2 heterocycles. The Labute approximate surface area is 109 Å². The monoisotopic (exact) mass is 310 g/mol. The van der Waals surface area contributed by atoms with Gasteiger partial charge in [0.1, 0.15) is 0 Å². The predicted molar refractivity (Wildman–Crippen MR) is 70.3 cm³/mol. The highest BCUT2D eigenvalue weighted by Crippen LogP contribution is 2.27. The number of benzene rings is 1. The summed E-state index contributed by atoms with van der Waals surface area (Å²) < 4.78 is 7.46. The van der Waals surface area contributed by atoms with Crippen molar-refractivity contribution >= 4 is 38.4 Å². The van der Waals surface area contributed by atoms with Crippen molar-refractivity contribution in [3.05, 3.63) is 38.0 Å². The van der Waals surface area contributed by atoms with E-state index in [1.165, 1.54) is 15.9 Å². The Bertz CT molecular complexity index is 756. The van der Waals surface area contributed by atoms with Gasteiger partial charge in [0.15, 0.2) is 9.50 Å². The lowest BCUT2D eigenvalue weighted by atomic mass is 10.1. The molecule has 2 aromatic heterocycles. The summed E-state index contributed by atoms with van der Waals surface area (Å²) in [6, 6.07) is 5.62. The molecule has 0 saturated heterocycles. The Morgan fingerprint density at radius 3 is 3.00 bits per heavy atom. The van der Waals surface area contributed by atoms with Gasteiger partial charge in [0.2, 0.25) is 0 Å². The number of thiazole rings is 1. The summed E-state index contributed by atoms with van der Waals surface area (Å²) in [5, 5.41) is 1.95. The molecule has 6 heteroatoms. The lowest BCUT2D eigenvalue weighted by Crippen LogP contribution is -2.08. The SMILES string of the molecule is Cn1c(=O)oc2cc(-c3csc(Br)n3)ccc21. The van der Waals surface area contributed by atoms with E-state index in [2.05, 4.69) is 20.9 Å². The minimum absolute atomic E-state index is 0.350. The number of hydrogen-bond acceptors (Lipinski definition) is 4. The third-order valence-electron chi connectivity index (χ3n) is 2.56. The number of aryl methyl sites for hydroxylation is 1. The molecule has 0 amide bonds. The van der Waals surface area contributed by atoms with Gasteiger partial charge in [-0.3, -0.25) is 4.57 Å². The van der Waals surface area contributed by atoms with Crippen LogP contribution in [0.25, 0.3) is 22.4 Å². The summed E-state index contributed by atoms with van der Waals surface area (Å²) in [6.45, 7) is 0. The summed E-state index contributed by atoms with van der Waals surface area (Å²) in [6.07, 6.45) is 0. The molecule has 3 aromatic rings. The Morgan fingerprint density at radius 1 is 1.47 bits per heavy atom. The summed E-state index contributed by atoms with van der Waals surface area (Å²) in [5.74, 6) is -0.350. The molecule has 0 aliphatic heterocycles. The van der Waals surface area contributed by atoms with E-state index in [0.29, 0.717) is 5.58 Å². The highest BCUT2D eigenvalue weighted by atomic mass is 79.9. The van der Waals surface area contributed by atoms with E-state index < -0.39 is 0 Å². The molecule has 86 valence electrons. The van der Waals surface area contributed by atoms with Crippen molar-refractivity contribution in [1.29, 1.82) is 0 Å². The van der Waals surface area contributed by atoms with Crippen molar-refractivity contribution in [3.63, 3.8) is 0 Å². The number of nitrogens with zero attached hydrogens (tertiary/aromatic N) is 2. The Balaban J connectivity index is 2.23. The van der Waals surface area contributed by atoms with Crippen LogP contribution in [0.3, 0.4) is 0 Å². The Morgan fingerprint density at radius 2 is 2.29 bits per heavy atom. The molecule has 0 unspecified atom stereocenters. The van der Waals surface area contributed by atoms with E-state index >= 15 is 0 Å².